The fourth-order valence-electron chi connectivity index (χ4n) is 16.5. The molecular formula is C96H96N3O3+3. The summed E-state index contributed by atoms with van der Waals surface area (Å²) >= 11 is 0. The molecule has 0 amide bonds. The Morgan fingerprint density at radius 3 is 1.22 bits per heavy atom. The molecule has 0 N–H and O–H groups in total. The van der Waals surface area contributed by atoms with Crippen LogP contribution < -0.4 is 13.7 Å². The number of aryl methyl sites for hydroxylation is 9. The predicted molar refractivity (Wildman–Crippen MR) is 424 cm³/mol. The smallest absolute Gasteiger partial charge is 0.216 e. The minimum atomic E-state index is -2.94. The molecule has 0 spiro atoms. The van der Waals surface area contributed by atoms with Crippen molar-refractivity contribution in [2.24, 2.45) is 21.1 Å². The maximum atomic E-state index is 8.68. The first kappa shape index (κ1) is 40.5. The molecule has 9 aromatic carbocycles. The van der Waals surface area contributed by atoms with Gasteiger partial charge in [-0.1, -0.05) is 198 Å². The van der Waals surface area contributed by atoms with E-state index in [2.05, 4.69) is 50.2 Å². The van der Waals surface area contributed by atoms with Crippen LogP contribution in [0.4, 0.5) is 0 Å². The quantitative estimate of drug-likeness (QED) is 0.156. The number of nitrogens with zero attached hydrogens (tertiary/aromatic N) is 3. The molecule has 6 aromatic heterocycles. The minimum Gasteiger partial charge on any atom is -0.455 e. The lowest BCUT2D eigenvalue weighted by atomic mass is 9.80. The number of benzene rings is 9. The Kier molecular flexibility index (Phi) is 9.41. The number of fused-ring (bicyclic) bond motifs is 19. The SMILES string of the molecule is [2H]C([2H])([2H])c1cc(-c2c(C)ccc3c2oc2cc4c(cc23)-c2ccccc2C4(C([2H])([2H])[2H])C([2H])([2H])[2H])[n+](C)cc1C([2H])(C)C([2H])([2H])[2H].[2H]C([2H])([2H])c1cc(-c2c(C)ccc3c2oc2cc4c(cc23)C(C)(C([2H])([2H])[2H])c2ccccc2-4)[n+](C)cc1C([2H])(C)C([2H])([2H])[2H].[2H]C([2H])([2H])c1cc(-c2c(C)ccc3c2oc2ccc4c(c23)C(C)(C)c2ccccc2-4)[n+](C)cc1C([2H])(C)C([2H])([2H])[2H]. The van der Waals surface area contributed by atoms with Gasteiger partial charge in [0.25, 0.3) is 0 Å². The zero-order valence-electron chi connectivity index (χ0n) is 88.9. The Labute approximate surface area is 644 Å². The predicted octanol–water partition coefficient (Wildman–Crippen LogP) is 24.4. The van der Waals surface area contributed by atoms with E-state index in [0.29, 0.717) is 83.6 Å². The van der Waals surface area contributed by atoms with E-state index in [1.54, 1.807) is 72.1 Å². The zero-order chi connectivity index (χ0) is 97.1. The van der Waals surface area contributed by atoms with E-state index in [4.69, 9.17) is 54.4 Å². The molecule has 102 heavy (non-hydrogen) atoms. The molecule has 18 rings (SSSR count). The van der Waals surface area contributed by atoms with Crippen LogP contribution in [-0.4, -0.2) is 0 Å². The van der Waals surface area contributed by atoms with E-state index in [1.165, 1.54) is 85.9 Å². The lowest BCUT2D eigenvalue weighted by Gasteiger charge is -2.22. The van der Waals surface area contributed by atoms with Crippen molar-refractivity contribution in [3.8, 4) is 67.2 Å². The molecule has 6 heterocycles. The molecule has 15 aromatic rings. The summed E-state index contributed by atoms with van der Waals surface area (Å²) < 4.78 is 273. The standard InChI is InChI=1S/3C32H32NO/c1-18(2)25-17-33(7)28(14-20(25)4)30-19(3)12-13-22-24-15-27-23(16-29(24)34-31(22)30)21-10-8-9-11-26(21)32(27,5)6;1-18(2)25-17-33(7)28(14-20(25)4)30-19(3)12-13-22-24-15-23-21-10-8-9-11-26(21)32(5,6)27(23)16-29(24)34-31(22)30;1-18(2)24-17-33(7)26(16-20(24)4)28-19(3)12-13-23-29-27(34-31(23)28)15-14-22-21-10-8-9-11-25(21)32(5,6)30(22)29/h3*8-18H,1-7H3/q3*+1/i1D3,4D3,5D3,18D;1D3,4D3,5D3,6D3,18D;1D3,4D3,18D. The van der Waals surface area contributed by atoms with Crippen LogP contribution in [0.3, 0.4) is 0 Å². The number of aromatic nitrogens is 3. The molecule has 0 fully saturated rings. The van der Waals surface area contributed by atoms with Crippen LogP contribution in [0.15, 0.2) is 196 Å². The number of hydrogen-bond donors (Lipinski definition) is 0. The van der Waals surface area contributed by atoms with E-state index in [0.717, 1.165) is 60.5 Å². The fraction of sp³-hybridized carbons (Fsp3) is 0.281. The third kappa shape index (κ3) is 9.96. The van der Waals surface area contributed by atoms with Crippen LogP contribution in [0, 0.1) is 41.3 Å². The third-order valence-electron chi connectivity index (χ3n) is 21.6. The highest BCUT2D eigenvalue weighted by molar-refractivity contribution is 6.16. The van der Waals surface area contributed by atoms with Gasteiger partial charge in [0.05, 0.1) is 16.7 Å². The van der Waals surface area contributed by atoms with E-state index < -0.39 is 90.2 Å². The first-order chi connectivity index (χ1) is 60.6. The lowest BCUT2D eigenvalue weighted by Crippen LogP contribution is -2.32. The summed E-state index contributed by atoms with van der Waals surface area (Å²) in [7, 11) is 5.06. The van der Waals surface area contributed by atoms with Crippen LogP contribution in [0.2, 0.25) is 0 Å². The molecule has 3 aliphatic carbocycles. The van der Waals surface area contributed by atoms with Gasteiger partial charge in [-0.2, -0.15) is 0 Å². The molecule has 0 bridgehead atoms. The van der Waals surface area contributed by atoms with Gasteiger partial charge in [0, 0.05) is 125 Å². The molecule has 0 aliphatic heterocycles. The molecule has 6 nitrogen and oxygen atoms in total. The van der Waals surface area contributed by atoms with Gasteiger partial charge in [-0.25, -0.2) is 13.7 Å². The second-order valence-corrected chi connectivity index (χ2v) is 28.7. The monoisotopic (exact) mass is 1370 g/mol. The van der Waals surface area contributed by atoms with Crippen molar-refractivity contribution >= 4 is 65.8 Å². The van der Waals surface area contributed by atoms with Gasteiger partial charge < -0.3 is 13.3 Å². The summed E-state index contributed by atoms with van der Waals surface area (Å²) in [5.41, 5.74) is 13.3. The molecule has 4 atom stereocenters. The van der Waals surface area contributed by atoms with Crippen LogP contribution in [0.5, 0.6) is 0 Å². The molecule has 0 saturated heterocycles. The van der Waals surface area contributed by atoms with E-state index in [-0.39, 0.29) is 55.5 Å². The fourth-order valence-corrected chi connectivity index (χ4v) is 16.5. The summed E-state index contributed by atoms with van der Waals surface area (Å²) in [6, 6.07) is 49.7. The van der Waals surface area contributed by atoms with Gasteiger partial charge in [0.1, 0.15) is 54.6 Å². The molecule has 4 unspecified atom stereocenters. The minimum absolute atomic E-state index is 0.0458. The number of pyridine rings is 3. The highest BCUT2D eigenvalue weighted by Gasteiger charge is 2.41. The van der Waals surface area contributed by atoms with Gasteiger partial charge in [-0.3, -0.25) is 0 Å². The maximum absolute atomic E-state index is 8.68. The zero-order valence-corrected chi connectivity index (χ0v) is 58.9. The van der Waals surface area contributed by atoms with E-state index >= 15 is 0 Å². The molecular weight excluding hydrogens is 1240 g/mol. The highest BCUT2D eigenvalue weighted by Crippen LogP contribution is 2.56. The molecule has 0 radical (unpaired) electrons. The van der Waals surface area contributed by atoms with Crippen molar-refractivity contribution in [3.05, 3.63) is 266 Å². The first-order valence-electron chi connectivity index (χ1n) is 49.0. The van der Waals surface area contributed by atoms with Crippen molar-refractivity contribution in [2.45, 2.75) is 158 Å². The second kappa shape index (κ2) is 23.7. The average molecular weight is 1370 g/mol. The Balaban J connectivity index is 0.000000145. The third-order valence-corrected chi connectivity index (χ3v) is 21.6. The summed E-state index contributed by atoms with van der Waals surface area (Å²) in [5.74, 6) is -6.50. The molecule has 510 valence electrons. The molecule has 3 aliphatic rings. The van der Waals surface area contributed by atoms with Gasteiger partial charge in [0.2, 0.25) is 17.1 Å². The van der Waals surface area contributed by atoms with E-state index in [1.807, 2.05) is 93.6 Å². The largest absolute Gasteiger partial charge is 0.455 e. The topological polar surface area (TPSA) is 51.1 Å². The number of hydrogen-bond acceptors (Lipinski definition) is 3. The Morgan fingerprint density at radius 1 is 0.353 bits per heavy atom. The van der Waals surface area contributed by atoms with Gasteiger partial charge in [-0.05, 0) is 189 Å². The molecule has 6 heteroatoms. The normalized spacial score (nSPS) is 22.4. The maximum Gasteiger partial charge on any atom is 0.216 e. The first-order valence-corrected chi connectivity index (χ1v) is 34.0. The van der Waals surface area contributed by atoms with Crippen molar-refractivity contribution in [1.82, 2.24) is 0 Å². The highest BCUT2D eigenvalue weighted by atomic mass is 16.3. The Hall–Kier alpha value is -10.2. The van der Waals surface area contributed by atoms with E-state index in [9.17, 15) is 0 Å². The van der Waals surface area contributed by atoms with Crippen molar-refractivity contribution in [1.29, 1.82) is 0 Å². The Bertz CT molecular complexity index is 7340. The van der Waals surface area contributed by atoms with Crippen LogP contribution in [0.1, 0.15) is 225 Å². The second-order valence-electron chi connectivity index (χ2n) is 28.7. The number of furan rings is 3. The van der Waals surface area contributed by atoms with Crippen LogP contribution in [0.25, 0.3) is 133 Å². The van der Waals surface area contributed by atoms with Crippen molar-refractivity contribution in [2.75, 3.05) is 0 Å². The lowest BCUT2D eigenvalue weighted by molar-refractivity contribution is -0.661. The van der Waals surface area contributed by atoms with Crippen molar-refractivity contribution in [3.63, 3.8) is 0 Å². The summed E-state index contributed by atoms with van der Waals surface area (Å²) in [4.78, 5) is 0. The number of rotatable bonds is 6. The molecule has 0 saturated carbocycles. The Morgan fingerprint density at radius 2 is 0.745 bits per heavy atom. The average Bonchev–Trinajstić information content (AvgIpc) is 1.51. The van der Waals surface area contributed by atoms with Gasteiger partial charge in [0.15, 0.2) is 18.6 Å². The van der Waals surface area contributed by atoms with Gasteiger partial charge in [-0.15, -0.1) is 0 Å². The van der Waals surface area contributed by atoms with Crippen molar-refractivity contribution < 1.29 is 68.1 Å². The summed E-state index contributed by atoms with van der Waals surface area (Å²) in [6.45, 7) is -9.07. The summed E-state index contributed by atoms with van der Waals surface area (Å²) in [5, 5.41) is 4.69. The summed E-state index contributed by atoms with van der Waals surface area (Å²) in [6.07, 6.45) is 4.27. The van der Waals surface area contributed by atoms with Crippen LogP contribution in [-0.2, 0) is 37.4 Å². The van der Waals surface area contributed by atoms with Crippen LogP contribution >= 0.6 is 0 Å². The van der Waals surface area contributed by atoms with Gasteiger partial charge >= 0.3 is 0 Å².